The first-order valence-electron chi connectivity index (χ1n) is 14.0. The molecule has 6 nitrogen and oxygen atoms in total. The molecule has 0 bridgehead atoms. The minimum atomic E-state index is -3.58. The zero-order valence-corrected chi connectivity index (χ0v) is 29.7. The summed E-state index contributed by atoms with van der Waals surface area (Å²) in [6.07, 6.45) is -0.0305. The van der Waals surface area contributed by atoms with Gasteiger partial charge in [-0.2, -0.15) is 0 Å². The first-order valence-corrected chi connectivity index (χ1v) is 17.3. The third-order valence-corrected chi connectivity index (χ3v) is 11.2. The predicted molar refractivity (Wildman–Crippen MR) is 176 cm³/mol. The fourth-order valence-electron chi connectivity index (χ4n) is 5.67. The van der Waals surface area contributed by atoms with E-state index in [9.17, 15) is 8.42 Å². The van der Waals surface area contributed by atoms with E-state index in [2.05, 4.69) is 80.2 Å². The van der Waals surface area contributed by atoms with Crippen molar-refractivity contribution in [3.8, 4) is 5.75 Å². The van der Waals surface area contributed by atoms with Gasteiger partial charge in [0.05, 0.1) is 0 Å². The van der Waals surface area contributed by atoms with Crippen molar-refractivity contribution in [1.82, 2.24) is 4.31 Å². The van der Waals surface area contributed by atoms with Gasteiger partial charge in [0.2, 0.25) is 0 Å². The van der Waals surface area contributed by atoms with Gasteiger partial charge in [-0.1, -0.05) is 0 Å². The van der Waals surface area contributed by atoms with Gasteiger partial charge < -0.3 is 0 Å². The molecule has 1 aliphatic rings. The second-order valence-corrected chi connectivity index (χ2v) is 15.3. The van der Waals surface area contributed by atoms with Crippen molar-refractivity contribution in [2.45, 2.75) is 66.4 Å². The maximum Gasteiger partial charge on any atom is -0.147 e. The number of anilines is 2. The quantitative estimate of drug-likeness (QED) is 0.270. The van der Waals surface area contributed by atoms with Crippen molar-refractivity contribution in [3.63, 3.8) is 0 Å². The van der Waals surface area contributed by atoms with Crippen molar-refractivity contribution >= 4 is 42.8 Å². The van der Waals surface area contributed by atoms with Gasteiger partial charge in [-0.3, -0.25) is 0 Å². The number of rotatable bonds is 7. The number of benzene rings is 3. The first kappa shape index (κ1) is 34.1. The van der Waals surface area contributed by atoms with Crippen LogP contribution in [-0.4, -0.2) is 55.0 Å². The fourth-order valence-corrected chi connectivity index (χ4v) is 8.82. The molecule has 0 N–H and O–H groups in total. The number of hydrogen-bond acceptors (Lipinski definition) is 5. The largest absolute Gasteiger partial charge is 0.147 e. The number of sulfonamides is 1. The van der Waals surface area contributed by atoms with Gasteiger partial charge in [0.15, 0.2) is 0 Å². The number of nitrogens with zero attached hydrogens (tertiary/aromatic N) is 3. The molecule has 1 fully saturated rings. The predicted octanol–water partition coefficient (Wildman–Crippen LogP) is 6.34. The second-order valence-electron chi connectivity index (χ2n) is 11.4. The topological polar surface area (TPSA) is 53.1 Å². The van der Waals surface area contributed by atoms with Crippen LogP contribution in [0.3, 0.4) is 0 Å². The summed E-state index contributed by atoms with van der Waals surface area (Å²) in [5.41, 5.74) is 10.9. The van der Waals surface area contributed by atoms with Crippen molar-refractivity contribution in [2.24, 2.45) is 0 Å². The molecule has 1 aliphatic heterocycles. The number of aryl methyl sites for hydroxylation is 6. The smallest absolute Gasteiger partial charge is 0.147 e. The molecule has 42 heavy (non-hydrogen) atoms. The zero-order chi connectivity index (χ0) is 30.2. The van der Waals surface area contributed by atoms with E-state index in [0.29, 0.717) is 5.75 Å². The minimum absolute atomic E-state index is 0. The summed E-state index contributed by atoms with van der Waals surface area (Å²) in [5, 5.41) is 0. The summed E-state index contributed by atoms with van der Waals surface area (Å²) in [6.45, 7) is 18.8. The average Bonchev–Trinajstić information content (AvgIpc) is 3.24. The molecule has 230 valence electrons. The Morgan fingerprint density at radius 1 is 0.810 bits per heavy atom. The van der Waals surface area contributed by atoms with Crippen LogP contribution in [0, 0.1) is 41.5 Å². The molecule has 0 radical (unpaired) electrons. The van der Waals surface area contributed by atoms with E-state index in [0.717, 1.165) is 18.7 Å². The first-order chi connectivity index (χ1) is 19.2. The molecule has 0 amide bonds. The maximum atomic E-state index is 13.0. The van der Waals surface area contributed by atoms with Gasteiger partial charge in [0.25, 0.3) is 0 Å². The van der Waals surface area contributed by atoms with Gasteiger partial charge in [0, 0.05) is 0 Å². The molecule has 0 saturated carbocycles. The van der Waals surface area contributed by atoms with E-state index in [1.165, 1.54) is 53.4 Å². The molecule has 0 unspecified atom stereocenters. The van der Waals surface area contributed by atoms with Crippen LogP contribution in [0.1, 0.15) is 52.8 Å². The number of halogens is 1. The summed E-state index contributed by atoms with van der Waals surface area (Å²) in [4.78, 5) is 5.24. The molecular formula is C33H44ClN3O3RuS. The summed E-state index contributed by atoms with van der Waals surface area (Å²) in [7, 11) is -0.458. The van der Waals surface area contributed by atoms with E-state index in [1.54, 1.807) is 32.3 Å². The molecule has 9 heteroatoms. The maximum absolute atomic E-state index is 13.0. The van der Waals surface area contributed by atoms with Gasteiger partial charge in [-0.05, 0) is 0 Å². The Balaban J connectivity index is 0.00000484. The summed E-state index contributed by atoms with van der Waals surface area (Å²) >= 11 is -0.469. The molecule has 0 atom stereocenters. The average molecular weight is 699 g/mol. The SMILES string of the molecule is Cc1cc(C)c(N2CCN(c3c(C)cc(C)cc3C)[C]2=[Ru]=[CH]c2cc(S(=O)(=O)N(C)C)ccc2OC(C)C)c(C)c1.Cl. The van der Waals surface area contributed by atoms with Crippen molar-refractivity contribution in [1.29, 1.82) is 0 Å². The zero-order valence-electron chi connectivity index (χ0n) is 26.3. The molecule has 1 heterocycles. The molecular weight excluding hydrogens is 655 g/mol. The van der Waals surface area contributed by atoms with Gasteiger partial charge >= 0.3 is 255 Å². The van der Waals surface area contributed by atoms with Gasteiger partial charge in [-0.25, -0.2) is 0 Å². The Morgan fingerprint density at radius 3 is 1.67 bits per heavy atom. The van der Waals surface area contributed by atoms with Crippen molar-refractivity contribution < 1.29 is 29.4 Å². The number of ether oxygens (including phenoxy) is 1. The Bertz CT molecular complexity index is 1550. The van der Waals surface area contributed by atoms with Crippen LogP contribution in [0.15, 0.2) is 47.4 Å². The third-order valence-electron chi connectivity index (χ3n) is 7.16. The van der Waals surface area contributed by atoms with E-state index in [-0.39, 0.29) is 23.4 Å². The molecule has 0 spiro atoms. The van der Waals surface area contributed by atoms with Crippen LogP contribution in [0.25, 0.3) is 0 Å². The molecule has 0 aromatic heterocycles. The fraction of sp³-hybridized carbons (Fsp3) is 0.394. The normalized spacial score (nSPS) is 13.7. The summed E-state index contributed by atoms with van der Waals surface area (Å²) < 4.78 is 36.9. The summed E-state index contributed by atoms with van der Waals surface area (Å²) in [6, 6.07) is 14.2. The van der Waals surface area contributed by atoms with Crippen molar-refractivity contribution in [3.05, 3.63) is 81.4 Å². The Morgan fingerprint density at radius 2 is 1.26 bits per heavy atom. The van der Waals surface area contributed by atoms with E-state index in [1.807, 2.05) is 13.8 Å². The van der Waals surface area contributed by atoms with Gasteiger partial charge in [-0.15, -0.1) is 12.4 Å². The molecule has 4 rings (SSSR count). The molecule has 3 aromatic rings. The number of hydrogen-bond donors (Lipinski definition) is 0. The Labute approximate surface area is 265 Å². The van der Waals surface area contributed by atoms with E-state index < -0.39 is 26.2 Å². The van der Waals surface area contributed by atoms with Gasteiger partial charge in [0.1, 0.15) is 0 Å². The molecule has 1 saturated heterocycles. The van der Waals surface area contributed by atoms with Crippen molar-refractivity contribution in [2.75, 3.05) is 37.0 Å². The molecule has 0 aliphatic carbocycles. The van der Waals surface area contributed by atoms with Crippen LogP contribution in [0.2, 0.25) is 0 Å². The Hall–Kier alpha value is -2.38. The van der Waals surface area contributed by atoms with Crippen LogP contribution in [-0.2, 0) is 26.2 Å². The van der Waals surface area contributed by atoms with Crippen LogP contribution in [0.4, 0.5) is 11.4 Å². The standard InChI is InChI=1S/C21H26N2.C12H17NO3S.ClH.Ru/c1-14-9-16(3)20(17(4)10-14)22-7-8-23(13-22)21-18(5)11-15(2)12-19(21)6;1-9(2)16-12-7-6-11(8-10(12)3)17(14,15)13(4)5;;/h9-12H,7-8H2,1-6H3;3,6-9H,1-2,4-5H3;1H;. The summed E-state index contributed by atoms with van der Waals surface area (Å²) in [5.74, 6) is 0.703. The van der Waals surface area contributed by atoms with Crippen LogP contribution in [0.5, 0.6) is 5.75 Å². The Kier molecular flexibility index (Phi) is 11.0. The monoisotopic (exact) mass is 699 g/mol. The second kappa shape index (κ2) is 13.5. The minimum Gasteiger partial charge on any atom is -0.147 e. The third kappa shape index (κ3) is 7.05. The van der Waals surface area contributed by atoms with Crippen LogP contribution < -0.4 is 14.5 Å². The van der Waals surface area contributed by atoms with E-state index >= 15 is 0 Å². The van der Waals surface area contributed by atoms with Crippen LogP contribution >= 0.6 is 12.4 Å². The molecule has 3 aromatic carbocycles. The van der Waals surface area contributed by atoms with E-state index in [4.69, 9.17) is 4.74 Å².